The van der Waals surface area contributed by atoms with Crippen LogP contribution in [0.25, 0.3) is 6.08 Å². The highest BCUT2D eigenvalue weighted by Gasteiger charge is 2.35. The molecular weight excluding hydrogens is 364 g/mol. The first-order valence-corrected chi connectivity index (χ1v) is 10.5. The van der Waals surface area contributed by atoms with Gasteiger partial charge in [-0.25, -0.2) is 8.42 Å². The van der Waals surface area contributed by atoms with Gasteiger partial charge in [0.1, 0.15) is 5.76 Å². The summed E-state index contributed by atoms with van der Waals surface area (Å²) in [7, 11) is -3.55. The van der Waals surface area contributed by atoms with E-state index in [1.807, 2.05) is 13.8 Å². The van der Waals surface area contributed by atoms with Crippen molar-refractivity contribution in [3.8, 4) is 0 Å². The van der Waals surface area contributed by atoms with E-state index in [9.17, 15) is 13.2 Å². The molecular formula is C20H24N2O4S. The number of benzene rings is 1. The first-order chi connectivity index (χ1) is 12.9. The molecule has 1 aliphatic heterocycles. The third-order valence-corrected chi connectivity index (χ3v) is 6.89. The van der Waals surface area contributed by atoms with Crippen LogP contribution in [0.4, 0.5) is 5.69 Å². The van der Waals surface area contributed by atoms with Crippen molar-refractivity contribution in [1.29, 1.82) is 0 Å². The molecule has 2 unspecified atom stereocenters. The summed E-state index contributed by atoms with van der Waals surface area (Å²) >= 11 is 0. The predicted molar refractivity (Wildman–Crippen MR) is 105 cm³/mol. The fraction of sp³-hybridized carbons (Fsp3) is 0.350. The van der Waals surface area contributed by atoms with Crippen molar-refractivity contribution in [2.45, 2.75) is 50.1 Å². The van der Waals surface area contributed by atoms with Crippen LogP contribution < -0.4 is 5.32 Å². The molecule has 0 aliphatic carbocycles. The molecule has 2 atom stereocenters. The average molecular weight is 388 g/mol. The molecule has 1 fully saturated rings. The number of nitrogens with one attached hydrogen (secondary N) is 1. The molecule has 1 amide bonds. The lowest BCUT2D eigenvalue weighted by Gasteiger charge is -2.37. The number of sulfonamides is 1. The molecule has 0 radical (unpaired) electrons. The van der Waals surface area contributed by atoms with Crippen molar-refractivity contribution >= 4 is 27.7 Å². The molecule has 1 N–H and O–H groups in total. The molecule has 3 rings (SSSR count). The van der Waals surface area contributed by atoms with Crippen LogP contribution in [-0.4, -0.2) is 30.7 Å². The summed E-state index contributed by atoms with van der Waals surface area (Å²) in [6, 6.07) is 9.74. The Balaban J connectivity index is 1.70. The van der Waals surface area contributed by atoms with Crippen molar-refractivity contribution in [3.05, 3.63) is 54.5 Å². The number of rotatable bonds is 5. The molecule has 0 spiro atoms. The summed E-state index contributed by atoms with van der Waals surface area (Å²) < 4.78 is 32.7. The molecule has 1 saturated heterocycles. The van der Waals surface area contributed by atoms with Gasteiger partial charge in [-0.2, -0.15) is 4.31 Å². The summed E-state index contributed by atoms with van der Waals surface area (Å²) in [5.74, 6) is 0.261. The van der Waals surface area contributed by atoms with Crippen LogP contribution in [0.2, 0.25) is 0 Å². The number of hydrogen-bond acceptors (Lipinski definition) is 4. The fourth-order valence-electron chi connectivity index (χ4n) is 3.43. The highest BCUT2D eigenvalue weighted by Crippen LogP contribution is 2.29. The fourth-order valence-corrected chi connectivity index (χ4v) is 5.31. The number of furan rings is 1. The van der Waals surface area contributed by atoms with Gasteiger partial charge < -0.3 is 9.73 Å². The Kier molecular flexibility index (Phi) is 5.82. The van der Waals surface area contributed by atoms with Gasteiger partial charge in [0, 0.05) is 23.8 Å². The molecule has 2 aromatic rings. The van der Waals surface area contributed by atoms with Crippen LogP contribution in [-0.2, 0) is 14.8 Å². The first kappa shape index (κ1) is 19.4. The van der Waals surface area contributed by atoms with Gasteiger partial charge in [0.2, 0.25) is 15.9 Å². The summed E-state index contributed by atoms with van der Waals surface area (Å²) in [6.45, 7) is 3.90. The molecule has 1 aliphatic rings. The van der Waals surface area contributed by atoms with E-state index >= 15 is 0 Å². The molecule has 0 saturated carbocycles. The van der Waals surface area contributed by atoms with Crippen molar-refractivity contribution in [2.24, 2.45) is 0 Å². The van der Waals surface area contributed by atoms with Crippen molar-refractivity contribution in [1.82, 2.24) is 4.31 Å². The average Bonchev–Trinajstić information content (AvgIpc) is 3.14. The Morgan fingerprint density at radius 2 is 1.81 bits per heavy atom. The van der Waals surface area contributed by atoms with Crippen LogP contribution in [0.15, 0.2) is 58.1 Å². The third-order valence-electron chi connectivity index (χ3n) is 4.75. The van der Waals surface area contributed by atoms with Gasteiger partial charge in [-0.05, 0) is 69.2 Å². The topological polar surface area (TPSA) is 79.6 Å². The number of carbonyl (C=O) groups excluding carboxylic acids is 1. The lowest BCUT2D eigenvalue weighted by Crippen LogP contribution is -2.47. The largest absolute Gasteiger partial charge is 0.465 e. The van der Waals surface area contributed by atoms with Crippen LogP contribution >= 0.6 is 0 Å². The lowest BCUT2D eigenvalue weighted by atomic mass is 10.0. The van der Waals surface area contributed by atoms with Gasteiger partial charge in [0.15, 0.2) is 0 Å². The second-order valence-electron chi connectivity index (χ2n) is 6.83. The van der Waals surface area contributed by atoms with E-state index in [1.165, 1.54) is 24.5 Å². The van der Waals surface area contributed by atoms with E-state index in [-0.39, 0.29) is 22.9 Å². The number of anilines is 1. The molecule has 1 aromatic carbocycles. The standard InChI is InChI=1S/C20H24N2O4S/c1-15-5-3-6-16(2)22(15)27(24,25)19-11-8-17(9-12-19)21-20(23)13-10-18-7-4-14-26-18/h4,7-16H,3,5-6H2,1-2H3,(H,21,23)/b13-10+. The number of carbonyl (C=O) groups is 1. The first-order valence-electron chi connectivity index (χ1n) is 9.04. The van der Waals surface area contributed by atoms with E-state index in [2.05, 4.69) is 5.32 Å². The molecule has 27 heavy (non-hydrogen) atoms. The van der Waals surface area contributed by atoms with Gasteiger partial charge in [-0.1, -0.05) is 6.42 Å². The van der Waals surface area contributed by atoms with E-state index in [4.69, 9.17) is 4.42 Å². The molecule has 2 heterocycles. The van der Waals surface area contributed by atoms with Crippen LogP contribution in [0.3, 0.4) is 0 Å². The summed E-state index contributed by atoms with van der Waals surface area (Å²) in [4.78, 5) is 12.2. The van der Waals surface area contributed by atoms with E-state index in [1.54, 1.807) is 34.6 Å². The van der Waals surface area contributed by atoms with Crippen LogP contribution in [0.1, 0.15) is 38.9 Å². The molecule has 6 nitrogen and oxygen atoms in total. The maximum atomic E-state index is 13.0. The number of hydrogen-bond donors (Lipinski definition) is 1. The Morgan fingerprint density at radius 1 is 1.15 bits per heavy atom. The zero-order chi connectivity index (χ0) is 19.4. The van der Waals surface area contributed by atoms with Crippen LogP contribution in [0, 0.1) is 0 Å². The monoisotopic (exact) mass is 388 g/mol. The number of amides is 1. The zero-order valence-electron chi connectivity index (χ0n) is 15.5. The number of piperidine rings is 1. The van der Waals surface area contributed by atoms with Crippen molar-refractivity contribution in [3.63, 3.8) is 0 Å². The molecule has 144 valence electrons. The minimum absolute atomic E-state index is 0.00938. The molecule has 7 heteroatoms. The Labute approximate surface area is 159 Å². The van der Waals surface area contributed by atoms with E-state index in [0.29, 0.717) is 11.4 Å². The second kappa shape index (κ2) is 8.10. The maximum Gasteiger partial charge on any atom is 0.248 e. The smallest absolute Gasteiger partial charge is 0.248 e. The highest BCUT2D eigenvalue weighted by molar-refractivity contribution is 7.89. The molecule has 1 aromatic heterocycles. The van der Waals surface area contributed by atoms with Gasteiger partial charge in [-0.15, -0.1) is 0 Å². The quantitative estimate of drug-likeness (QED) is 0.788. The third kappa shape index (κ3) is 4.48. The van der Waals surface area contributed by atoms with E-state index in [0.717, 1.165) is 19.3 Å². The summed E-state index contributed by atoms with van der Waals surface area (Å²) in [5, 5.41) is 2.70. The highest BCUT2D eigenvalue weighted by atomic mass is 32.2. The Bertz CT molecular complexity index is 892. The summed E-state index contributed by atoms with van der Waals surface area (Å²) in [5.41, 5.74) is 0.530. The zero-order valence-corrected chi connectivity index (χ0v) is 16.3. The van der Waals surface area contributed by atoms with E-state index < -0.39 is 10.0 Å². The summed E-state index contributed by atoms with van der Waals surface area (Å²) in [6.07, 6.45) is 7.25. The Morgan fingerprint density at radius 3 is 2.41 bits per heavy atom. The Hall–Kier alpha value is -2.38. The molecule has 0 bridgehead atoms. The SMILES string of the molecule is CC1CCCC(C)N1S(=O)(=O)c1ccc(NC(=O)/C=C/c2ccco2)cc1. The maximum absolute atomic E-state index is 13.0. The second-order valence-corrected chi connectivity index (χ2v) is 8.67. The van der Waals surface area contributed by atoms with Crippen molar-refractivity contribution in [2.75, 3.05) is 5.32 Å². The van der Waals surface area contributed by atoms with Crippen LogP contribution in [0.5, 0.6) is 0 Å². The van der Waals surface area contributed by atoms with Gasteiger partial charge in [0.25, 0.3) is 0 Å². The van der Waals surface area contributed by atoms with Crippen molar-refractivity contribution < 1.29 is 17.6 Å². The predicted octanol–water partition coefficient (Wildman–Crippen LogP) is 3.88. The number of nitrogens with zero attached hydrogens (tertiary/aromatic N) is 1. The minimum atomic E-state index is -3.55. The lowest BCUT2D eigenvalue weighted by molar-refractivity contribution is -0.111. The normalized spacial score (nSPS) is 21.4. The van der Waals surface area contributed by atoms with Gasteiger partial charge in [0.05, 0.1) is 11.2 Å². The van der Waals surface area contributed by atoms with Gasteiger partial charge in [-0.3, -0.25) is 4.79 Å². The minimum Gasteiger partial charge on any atom is -0.465 e. The van der Waals surface area contributed by atoms with Gasteiger partial charge >= 0.3 is 0 Å².